The number of methoxy groups -OCH3 is 1. The van der Waals surface area contributed by atoms with Crippen LogP contribution >= 0.6 is 11.6 Å². The predicted octanol–water partition coefficient (Wildman–Crippen LogP) is 4.09. The highest BCUT2D eigenvalue weighted by Crippen LogP contribution is 2.38. The van der Waals surface area contributed by atoms with E-state index in [0.29, 0.717) is 28.7 Å². The number of imidazole rings is 1. The minimum Gasteiger partial charge on any atom is -0.504 e. The van der Waals surface area contributed by atoms with Gasteiger partial charge in [-0.2, -0.15) is 0 Å². The first-order valence-electron chi connectivity index (χ1n) is 6.68. The quantitative estimate of drug-likeness (QED) is 0.792. The lowest BCUT2D eigenvalue weighted by Crippen LogP contribution is -1.98. The van der Waals surface area contributed by atoms with Gasteiger partial charge >= 0.3 is 0 Å². The first kappa shape index (κ1) is 13.8. The summed E-state index contributed by atoms with van der Waals surface area (Å²) in [6.07, 6.45) is 0. The van der Waals surface area contributed by atoms with Crippen LogP contribution < -0.4 is 4.74 Å². The van der Waals surface area contributed by atoms with Crippen LogP contribution in [0.1, 0.15) is 6.92 Å². The van der Waals surface area contributed by atoms with Gasteiger partial charge in [0, 0.05) is 6.54 Å². The number of phenols is 1. The fourth-order valence-electron chi connectivity index (χ4n) is 2.52. The molecular formula is C16H15ClN2O2. The van der Waals surface area contributed by atoms with Gasteiger partial charge in [0.25, 0.3) is 0 Å². The summed E-state index contributed by atoms with van der Waals surface area (Å²) in [6, 6.07) is 11.0. The van der Waals surface area contributed by atoms with Crippen LogP contribution in [0, 0.1) is 0 Å². The highest BCUT2D eigenvalue weighted by atomic mass is 35.5. The van der Waals surface area contributed by atoms with E-state index in [4.69, 9.17) is 16.3 Å². The van der Waals surface area contributed by atoms with Crippen molar-refractivity contribution in [1.82, 2.24) is 9.55 Å². The largest absolute Gasteiger partial charge is 0.504 e. The van der Waals surface area contributed by atoms with E-state index in [9.17, 15) is 5.11 Å². The molecule has 0 aliphatic heterocycles. The number of hydrogen-bond donors (Lipinski definition) is 1. The number of aromatic hydroxyl groups is 1. The smallest absolute Gasteiger partial charge is 0.168 e. The van der Waals surface area contributed by atoms with Crippen LogP contribution in [-0.2, 0) is 6.54 Å². The van der Waals surface area contributed by atoms with Crippen LogP contribution in [0.3, 0.4) is 0 Å². The van der Waals surface area contributed by atoms with E-state index < -0.39 is 0 Å². The van der Waals surface area contributed by atoms with E-state index in [0.717, 1.165) is 11.0 Å². The van der Waals surface area contributed by atoms with Crippen LogP contribution in [-0.4, -0.2) is 21.8 Å². The van der Waals surface area contributed by atoms with Gasteiger partial charge in [-0.15, -0.1) is 0 Å². The second-order valence-corrected chi connectivity index (χ2v) is 5.05. The lowest BCUT2D eigenvalue weighted by Gasteiger charge is -2.10. The highest BCUT2D eigenvalue weighted by Gasteiger charge is 2.18. The van der Waals surface area contributed by atoms with Gasteiger partial charge in [0.2, 0.25) is 0 Å². The maximum Gasteiger partial charge on any atom is 0.168 e. The molecule has 108 valence electrons. The third-order valence-corrected chi connectivity index (χ3v) is 3.80. The van der Waals surface area contributed by atoms with Crippen molar-refractivity contribution in [3.63, 3.8) is 0 Å². The van der Waals surface area contributed by atoms with Gasteiger partial charge in [-0.25, -0.2) is 4.98 Å². The molecule has 2 aromatic carbocycles. The molecule has 0 bridgehead atoms. The zero-order valence-corrected chi connectivity index (χ0v) is 12.6. The van der Waals surface area contributed by atoms with Crippen molar-refractivity contribution in [1.29, 1.82) is 0 Å². The summed E-state index contributed by atoms with van der Waals surface area (Å²) in [7, 11) is 1.53. The van der Waals surface area contributed by atoms with Crippen molar-refractivity contribution < 1.29 is 9.84 Å². The fourth-order valence-corrected chi connectivity index (χ4v) is 2.79. The van der Waals surface area contributed by atoms with Gasteiger partial charge in [0.15, 0.2) is 11.5 Å². The first-order chi connectivity index (χ1) is 10.2. The van der Waals surface area contributed by atoms with Crippen molar-refractivity contribution in [2.75, 3.05) is 7.11 Å². The molecule has 0 amide bonds. The Hall–Kier alpha value is -2.20. The summed E-state index contributed by atoms with van der Waals surface area (Å²) in [6.45, 7) is 2.72. The van der Waals surface area contributed by atoms with Gasteiger partial charge in [0.1, 0.15) is 5.82 Å². The lowest BCUT2D eigenvalue weighted by atomic mass is 10.1. The third-order valence-electron chi connectivity index (χ3n) is 3.49. The molecule has 0 saturated carbocycles. The van der Waals surface area contributed by atoms with Crippen molar-refractivity contribution in [3.8, 4) is 22.9 Å². The standard InChI is InChI=1S/C16H15ClN2O2/c1-3-19-14-11(17)7-5-8-12(14)18-16(19)10-6-4-9-13(21-2)15(10)20/h4-9,20H,3H2,1-2H3. The molecular weight excluding hydrogens is 288 g/mol. The summed E-state index contributed by atoms with van der Waals surface area (Å²) in [5.74, 6) is 1.19. The van der Waals surface area contributed by atoms with Crippen LogP contribution in [0.5, 0.6) is 11.5 Å². The second kappa shape index (κ2) is 5.30. The number of nitrogens with zero attached hydrogens (tertiary/aromatic N) is 2. The molecule has 0 atom stereocenters. The van der Waals surface area contributed by atoms with E-state index >= 15 is 0 Å². The summed E-state index contributed by atoms with van der Waals surface area (Å²) < 4.78 is 7.16. The Kier molecular flexibility index (Phi) is 3.47. The maximum absolute atomic E-state index is 10.3. The van der Waals surface area contributed by atoms with Crippen LogP contribution in [0.15, 0.2) is 36.4 Å². The van der Waals surface area contributed by atoms with Crippen LogP contribution in [0.4, 0.5) is 0 Å². The number of para-hydroxylation sites is 2. The number of fused-ring (bicyclic) bond motifs is 1. The summed E-state index contributed by atoms with van der Waals surface area (Å²) in [5.41, 5.74) is 2.31. The molecule has 5 heteroatoms. The average molecular weight is 303 g/mol. The molecule has 1 N–H and O–H groups in total. The molecule has 0 saturated heterocycles. The van der Waals surface area contributed by atoms with Gasteiger partial charge in [-0.05, 0) is 31.2 Å². The molecule has 0 aliphatic rings. The molecule has 4 nitrogen and oxygen atoms in total. The normalized spacial score (nSPS) is 11.0. The number of aromatic nitrogens is 2. The van der Waals surface area contributed by atoms with E-state index in [-0.39, 0.29) is 5.75 Å². The Morgan fingerprint density at radius 3 is 2.71 bits per heavy atom. The van der Waals surface area contributed by atoms with E-state index in [1.165, 1.54) is 7.11 Å². The van der Waals surface area contributed by atoms with Gasteiger partial charge < -0.3 is 14.4 Å². The maximum atomic E-state index is 10.3. The third kappa shape index (κ3) is 2.12. The molecule has 1 heterocycles. The number of aryl methyl sites for hydroxylation is 1. The summed E-state index contributed by atoms with van der Waals surface area (Å²) in [4.78, 5) is 4.61. The predicted molar refractivity (Wildman–Crippen MR) is 84.1 cm³/mol. The van der Waals surface area contributed by atoms with Crippen molar-refractivity contribution >= 4 is 22.6 Å². The number of phenolic OH excluding ortho intramolecular Hbond substituents is 1. The van der Waals surface area contributed by atoms with E-state index in [2.05, 4.69) is 4.98 Å². The molecule has 0 aliphatic carbocycles. The monoisotopic (exact) mass is 302 g/mol. The fraction of sp³-hybridized carbons (Fsp3) is 0.188. The van der Waals surface area contributed by atoms with Crippen molar-refractivity contribution in [2.45, 2.75) is 13.5 Å². The van der Waals surface area contributed by atoms with Crippen LogP contribution in [0.2, 0.25) is 5.02 Å². The molecule has 0 spiro atoms. The SMILES string of the molecule is CCn1c(-c2cccc(OC)c2O)nc2cccc(Cl)c21. The Morgan fingerprint density at radius 1 is 1.24 bits per heavy atom. The zero-order valence-electron chi connectivity index (χ0n) is 11.8. The molecule has 1 aromatic heterocycles. The van der Waals surface area contributed by atoms with Crippen LogP contribution in [0.25, 0.3) is 22.4 Å². The Morgan fingerprint density at radius 2 is 2.00 bits per heavy atom. The van der Waals surface area contributed by atoms with Gasteiger partial charge in [-0.1, -0.05) is 23.7 Å². The lowest BCUT2D eigenvalue weighted by molar-refractivity contribution is 0.374. The summed E-state index contributed by atoms with van der Waals surface area (Å²) >= 11 is 6.29. The minimum atomic E-state index is 0.0844. The molecule has 0 radical (unpaired) electrons. The highest BCUT2D eigenvalue weighted by molar-refractivity contribution is 6.35. The molecule has 3 aromatic rings. The van der Waals surface area contributed by atoms with Gasteiger partial charge in [0.05, 0.1) is 28.7 Å². The Bertz CT molecular complexity index is 811. The topological polar surface area (TPSA) is 47.3 Å². The first-order valence-corrected chi connectivity index (χ1v) is 7.06. The number of halogens is 1. The molecule has 21 heavy (non-hydrogen) atoms. The zero-order chi connectivity index (χ0) is 15.0. The Balaban J connectivity index is 2.33. The van der Waals surface area contributed by atoms with Gasteiger partial charge in [-0.3, -0.25) is 0 Å². The Labute approximate surface area is 127 Å². The second-order valence-electron chi connectivity index (χ2n) is 4.64. The van der Waals surface area contributed by atoms with E-state index in [1.54, 1.807) is 6.07 Å². The molecule has 0 fully saturated rings. The van der Waals surface area contributed by atoms with Crippen molar-refractivity contribution in [2.24, 2.45) is 0 Å². The van der Waals surface area contributed by atoms with Crippen molar-refractivity contribution in [3.05, 3.63) is 41.4 Å². The van der Waals surface area contributed by atoms with E-state index in [1.807, 2.05) is 41.8 Å². The average Bonchev–Trinajstić information content (AvgIpc) is 2.87. The summed E-state index contributed by atoms with van der Waals surface area (Å²) in [5, 5.41) is 11.0. The minimum absolute atomic E-state index is 0.0844. The number of ether oxygens (including phenoxy) is 1. The number of benzene rings is 2. The number of rotatable bonds is 3. The number of hydrogen-bond acceptors (Lipinski definition) is 3. The molecule has 0 unspecified atom stereocenters. The molecule has 3 rings (SSSR count).